The molecule has 2 aromatic carbocycles. The maximum atomic E-state index is 9.36. The molecule has 0 radical (unpaired) electrons. The highest BCUT2D eigenvalue weighted by molar-refractivity contribution is 6.32. The van der Waals surface area contributed by atoms with Crippen LogP contribution < -0.4 is 4.74 Å². The summed E-state index contributed by atoms with van der Waals surface area (Å²) in [5.41, 5.74) is 1.80. The molecule has 0 amide bonds. The van der Waals surface area contributed by atoms with Crippen molar-refractivity contribution in [2.45, 2.75) is 26.4 Å². The van der Waals surface area contributed by atoms with Crippen molar-refractivity contribution in [2.24, 2.45) is 0 Å². The van der Waals surface area contributed by atoms with Crippen molar-refractivity contribution in [1.29, 1.82) is 0 Å². The van der Waals surface area contributed by atoms with Gasteiger partial charge in [-0.25, -0.2) is 0 Å². The molecule has 0 bridgehead atoms. The molecule has 0 fully saturated rings. The van der Waals surface area contributed by atoms with Gasteiger partial charge in [0.1, 0.15) is 5.75 Å². The molecule has 0 unspecified atom stereocenters. The number of hydrogen-bond acceptors (Lipinski definition) is 2. The molecule has 19 heavy (non-hydrogen) atoms. The Morgan fingerprint density at radius 3 is 2.53 bits per heavy atom. The molecule has 0 saturated heterocycles. The van der Waals surface area contributed by atoms with E-state index in [0.29, 0.717) is 22.3 Å². The molecule has 2 rings (SSSR count). The average Bonchev–Trinajstić information content (AvgIpc) is 2.41. The first kappa shape index (κ1) is 13.9. The Balaban J connectivity index is 2.42. The van der Waals surface area contributed by atoms with Gasteiger partial charge in [-0.15, -0.1) is 0 Å². The molecular weight excluding hydrogens is 260 g/mol. The van der Waals surface area contributed by atoms with E-state index < -0.39 is 0 Å². The molecule has 2 nitrogen and oxygen atoms in total. The summed E-state index contributed by atoms with van der Waals surface area (Å²) in [5, 5.41) is 9.87. The summed E-state index contributed by atoms with van der Waals surface area (Å²) in [6.07, 6.45) is 0. The zero-order valence-electron chi connectivity index (χ0n) is 11.1. The molecular formula is C16H17ClO2. The van der Waals surface area contributed by atoms with Gasteiger partial charge >= 0.3 is 0 Å². The van der Waals surface area contributed by atoms with Gasteiger partial charge in [-0.2, -0.15) is 0 Å². The monoisotopic (exact) mass is 276 g/mol. The molecule has 2 aromatic rings. The Morgan fingerprint density at radius 2 is 1.84 bits per heavy atom. The van der Waals surface area contributed by atoms with Crippen LogP contribution in [0.4, 0.5) is 0 Å². The van der Waals surface area contributed by atoms with E-state index in [2.05, 4.69) is 13.8 Å². The number of benzene rings is 2. The molecule has 3 heteroatoms. The topological polar surface area (TPSA) is 29.5 Å². The van der Waals surface area contributed by atoms with E-state index in [1.807, 2.05) is 24.3 Å². The second kappa shape index (κ2) is 6.09. The van der Waals surface area contributed by atoms with Crippen molar-refractivity contribution in [3.8, 4) is 11.5 Å². The van der Waals surface area contributed by atoms with E-state index in [0.717, 1.165) is 11.3 Å². The van der Waals surface area contributed by atoms with Crippen LogP contribution in [0.3, 0.4) is 0 Å². The predicted octanol–water partition coefficient (Wildman–Crippen LogP) is 4.75. The minimum Gasteiger partial charge on any atom is -0.455 e. The first-order valence-corrected chi connectivity index (χ1v) is 6.66. The maximum Gasteiger partial charge on any atom is 0.151 e. The van der Waals surface area contributed by atoms with Gasteiger partial charge in [0, 0.05) is 5.56 Å². The lowest BCUT2D eigenvalue weighted by Crippen LogP contribution is -1.97. The Morgan fingerprint density at radius 1 is 1.11 bits per heavy atom. The lowest BCUT2D eigenvalue weighted by atomic mass is 10.0. The molecule has 0 aliphatic carbocycles. The van der Waals surface area contributed by atoms with Gasteiger partial charge in [-0.1, -0.05) is 55.8 Å². The number of aliphatic hydroxyl groups excluding tert-OH is 1. The fraction of sp³-hybridized carbons (Fsp3) is 0.250. The van der Waals surface area contributed by atoms with Crippen molar-refractivity contribution in [3.63, 3.8) is 0 Å². The molecule has 1 N–H and O–H groups in total. The molecule has 0 aliphatic rings. The molecule has 0 spiro atoms. The van der Waals surface area contributed by atoms with Crippen molar-refractivity contribution >= 4 is 11.6 Å². The van der Waals surface area contributed by atoms with Crippen LogP contribution in [0, 0.1) is 0 Å². The van der Waals surface area contributed by atoms with E-state index in [4.69, 9.17) is 16.3 Å². The van der Waals surface area contributed by atoms with Gasteiger partial charge in [0.05, 0.1) is 11.6 Å². The van der Waals surface area contributed by atoms with Crippen LogP contribution in [0.2, 0.25) is 5.02 Å². The highest BCUT2D eigenvalue weighted by Crippen LogP contribution is 2.36. The molecule has 100 valence electrons. The first-order chi connectivity index (χ1) is 9.13. The molecule has 0 saturated carbocycles. The summed E-state index contributed by atoms with van der Waals surface area (Å²) in [4.78, 5) is 0. The summed E-state index contributed by atoms with van der Waals surface area (Å²) < 4.78 is 5.93. The molecule has 0 aliphatic heterocycles. The highest BCUT2D eigenvalue weighted by Gasteiger charge is 2.12. The third-order valence-corrected chi connectivity index (χ3v) is 3.27. The number of aliphatic hydroxyl groups is 1. The second-order valence-electron chi connectivity index (χ2n) is 4.68. The average molecular weight is 277 g/mol. The number of rotatable bonds is 4. The van der Waals surface area contributed by atoms with Crippen LogP contribution in [0.1, 0.15) is 30.9 Å². The van der Waals surface area contributed by atoms with E-state index in [-0.39, 0.29) is 6.61 Å². The van der Waals surface area contributed by atoms with E-state index >= 15 is 0 Å². The fourth-order valence-corrected chi connectivity index (χ4v) is 2.19. The Labute approximate surface area is 118 Å². The van der Waals surface area contributed by atoms with Crippen molar-refractivity contribution in [1.82, 2.24) is 0 Å². The standard InChI is InChI=1S/C16H17ClO2/c1-11(2)13-7-3-4-9-15(13)19-16-12(10-18)6-5-8-14(16)17/h3-9,11,18H,10H2,1-2H3. The van der Waals surface area contributed by atoms with Gasteiger partial charge in [-0.05, 0) is 23.6 Å². The number of halogens is 1. The van der Waals surface area contributed by atoms with Crippen molar-refractivity contribution in [3.05, 3.63) is 58.6 Å². The van der Waals surface area contributed by atoms with Crippen molar-refractivity contribution < 1.29 is 9.84 Å². The number of para-hydroxylation sites is 2. The Bertz CT molecular complexity index is 564. The number of ether oxygens (including phenoxy) is 1. The Kier molecular flexibility index (Phi) is 4.46. The maximum absolute atomic E-state index is 9.36. The molecule has 0 heterocycles. The second-order valence-corrected chi connectivity index (χ2v) is 5.09. The van der Waals surface area contributed by atoms with E-state index in [9.17, 15) is 5.11 Å². The largest absolute Gasteiger partial charge is 0.455 e. The van der Waals surface area contributed by atoms with Crippen LogP contribution in [0.5, 0.6) is 11.5 Å². The zero-order valence-corrected chi connectivity index (χ0v) is 11.8. The quantitative estimate of drug-likeness (QED) is 0.873. The smallest absolute Gasteiger partial charge is 0.151 e. The molecule has 0 atom stereocenters. The summed E-state index contributed by atoms with van der Waals surface area (Å²) >= 11 is 6.15. The predicted molar refractivity (Wildman–Crippen MR) is 78.0 cm³/mol. The van der Waals surface area contributed by atoms with E-state index in [1.165, 1.54) is 0 Å². The zero-order chi connectivity index (χ0) is 13.8. The third-order valence-electron chi connectivity index (χ3n) is 2.97. The highest BCUT2D eigenvalue weighted by atomic mass is 35.5. The van der Waals surface area contributed by atoms with Gasteiger partial charge in [-0.3, -0.25) is 0 Å². The summed E-state index contributed by atoms with van der Waals surface area (Å²) in [6.45, 7) is 4.13. The Hall–Kier alpha value is -1.51. The first-order valence-electron chi connectivity index (χ1n) is 6.28. The van der Waals surface area contributed by atoms with Crippen molar-refractivity contribution in [2.75, 3.05) is 0 Å². The van der Waals surface area contributed by atoms with Crippen LogP contribution >= 0.6 is 11.6 Å². The fourth-order valence-electron chi connectivity index (χ4n) is 1.95. The lowest BCUT2D eigenvalue weighted by molar-refractivity contribution is 0.276. The molecule has 0 aromatic heterocycles. The van der Waals surface area contributed by atoms with Crippen LogP contribution in [-0.2, 0) is 6.61 Å². The van der Waals surface area contributed by atoms with Crippen LogP contribution in [0.15, 0.2) is 42.5 Å². The third kappa shape index (κ3) is 3.09. The van der Waals surface area contributed by atoms with Gasteiger partial charge in [0.15, 0.2) is 5.75 Å². The normalized spacial score (nSPS) is 10.8. The summed E-state index contributed by atoms with van der Waals surface area (Å²) in [6, 6.07) is 13.2. The minimum absolute atomic E-state index is 0.0975. The summed E-state index contributed by atoms with van der Waals surface area (Å²) in [7, 11) is 0. The van der Waals surface area contributed by atoms with Crippen LogP contribution in [0.25, 0.3) is 0 Å². The van der Waals surface area contributed by atoms with Crippen LogP contribution in [-0.4, -0.2) is 5.11 Å². The lowest BCUT2D eigenvalue weighted by Gasteiger charge is -2.16. The van der Waals surface area contributed by atoms with Gasteiger partial charge in [0.25, 0.3) is 0 Å². The SMILES string of the molecule is CC(C)c1ccccc1Oc1c(Cl)cccc1CO. The van der Waals surface area contributed by atoms with E-state index in [1.54, 1.807) is 18.2 Å². The summed E-state index contributed by atoms with van der Waals surface area (Å²) in [5.74, 6) is 1.66. The number of hydrogen-bond donors (Lipinski definition) is 1. The van der Waals surface area contributed by atoms with Gasteiger partial charge < -0.3 is 9.84 Å². The minimum atomic E-state index is -0.0975. The van der Waals surface area contributed by atoms with Gasteiger partial charge in [0.2, 0.25) is 0 Å².